The Kier molecular flexibility index (Phi) is 11.0. The fourth-order valence-corrected chi connectivity index (χ4v) is 10.7. The zero-order valence-corrected chi connectivity index (χ0v) is 36.9. The van der Waals surface area contributed by atoms with Crippen molar-refractivity contribution in [2.45, 2.75) is 91.5 Å². The fourth-order valence-electron chi connectivity index (χ4n) is 9.87. The van der Waals surface area contributed by atoms with Crippen LogP contribution < -0.4 is 15.6 Å². The minimum atomic E-state index is -0.822. The van der Waals surface area contributed by atoms with Gasteiger partial charge in [-0.3, -0.25) is 24.4 Å². The highest BCUT2D eigenvalue weighted by atomic mass is 32.1. The molecular formula is C46H60N8O5S. The molecule has 14 heteroatoms. The first-order valence-electron chi connectivity index (χ1n) is 21.9. The minimum Gasteiger partial charge on any atom is -0.464 e. The monoisotopic (exact) mass is 836 g/mol. The standard InChI is InChI=1S/C46H60N8O5S/c1-8-53-38-12-10-28-18-33(38)35(42(53)34-19-30(22-47-40(34)27(3)58-7)52-15-13-51(6)14-16-52)21-46(4,5)25-59-45(57)41-31-11-9-29(31)23-54(50-41)44(56)36(20-39-48-37(28)24-60-39)49-43(55)32-17-26(32)2/h10,12,18-19,22,24,26-27,29,31-32,36,41,50H,8-9,11,13-17,20-21,23,25H2,1-7H3,(H,49,55)/t26-,27-,29+,31+,32-,36-,41-/m0/s1. The SMILES string of the molecule is CCn1c(-c2cc(N3CCN(C)CC3)cnc2[C@H](C)OC)c2c3cc(ccc31)-c1csc(n1)C[C@H](NC(=O)[C@H]1C[C@@H]1C)C(=O)N1C[C@H]3CC[C@H]3[C@H](N1)C(=O)OCC(C)(C)C2. The van der Waals surface area contributed by atoms with E-state index in [2.05, 4.69) is 96.4 Å². The van der Waals surface area contributed by atoms with Crippen LogP contribution in [0, 0.1) is 29.1 Å². The zero-order chi connectivity index (χ0) is 42.0. The lowest BCUT2D eigenvalue weighted by molar-refractivity contribution is -0.165. The van der Waals surface area contributed by atoms with E-state index in [-0.39, 0.29) is 54.7 Å². The number of carbonyl (C=O) groups is 3. The molecule has 2 aliphatic carbocycles. The van der Waals surface area contributed by atoms with Gasteiger partial charge in [0.15, 0.2) is 0 Å². The number of nitrogens with zero attached hydrogens (tertiary/aromatic N) is 6. The molecule has 6 bridgehead atoms. The second-order valence-corrected chi connectivity index (χ2v) is 19.8. The van der Waals surface area contributed by atoms with Gasteiger partial charge in [-0.05, 0) is 88.1 Å². The van der Waals surface area contributed by atoms with Crippen molar-refractivity contribution in [2.24, 2.45) is 29.1 Å². The van der Waals surface area contributed by atoms with Crippen LogP contribution in [0.2, 0.25) is 0 Å². The number of aromatic nitrogens is 3. The number of pyridine rings is 1. The quantitative estimate of drug-likeness (QED) is 0.218. The normalized spacial score (nSPS) is 27.4. The zero-order valence-electron chi connectivity index (χ0n) is 36.1. The highest BCUT2D eigenvalue weighted by Crippen LogP contribution is 2.44. The van der Waals surface area contributed by atoms with Crippen LogP contribution in [-0.4, -0.2) is 108 Å². The average molecular weight is 837 g/mol. The third-order valence-corrected chi connectivity index (χ3v) is 14.8. The number of fused-ring (bicyclic) bond motifs is 8. The topological polar surface area (TPSA) is 134 Å². The summed E-state index contributed by atoms with van der Waals surface area (Å²) in [6.45, 7) is 15.9. The van der Waals surface area contributed by atoms with Crippen molar-refractivity contribution < 1.29 is 23.9 Å². The molecule has 3 aliphatic heterocycles. The fraction of sp³-hybridized carbons (Fsp3) is 0.587. The molecule has 2 saturated heterocycles. The Bertz CT molecular complexity index is 2300. The third kappa shape index (κ3) is 7.73. The molecule has 4 aromatic rings. The van der Waals surface area contributed by atoms with Crippen molar-refractivity contribution >= 4 is 45.7 Å². The van der Waals surface area contributed by atoms with E-state index in [1.165, 1.54) is 11.3 Å². The van der Waals surface area contributed by atoms with Crippen LogP contribution in [0.3, 0.4) is 0 Å². The summed E-state index contributed by atoms with van der Waals surface area (Å²) in [5, 5.41) is 8.62. The van der Waals surface area contributed by atoms with E-state index in [9.17, 15) is 14.4 Å². The lowest BCUT2D eigenvalue weighted by atomic mass is 9.68. The Morgan fingerprint density at radius 3 is 2.63 bits per heavy atom. The molecule has 1 aromatic carbocycles. The average Bonchev–Trinajstić information content (AvgIpc) is 3.65. The number of cyclic esters (lactones) is 1. The van der Waals surface area contributed by atoms with E-state index in [0.29, 0.717) is 18.9 Å². The number of anilines is 1. The Balaban J connectivity index is 1.18. The summed E-state index contributed by atoms with van der Waals surface area (Å²) in [6.07, 6.45) is 5.29. The van der Waals surface area contributed by atoms with Gasteiger partial charge in [-0.15, -0.1) is 11.3 Å². The number of ether oxygens (including phenoxy) is 2. The number of benzene rings is 1. The third-order valence-electron chi connectivity index (χ3n) is 13.9. The van der Waals surface area contributed by atoms with Gasteiger partial charge >= 0.3 is 5.97 Å². The molecule has 3 aromatic heterocycles. The van der Waals surface area contributed by atoms with Gasteiger partial charge in [0.25, 0.3) is 5.91 Å². The number of rotatable bonds is 7. The summed E-state index contributed by atoms with van der Waals surface area (Å²) >= 11 is 1.51. The van der Waals surface area contributed by atoms with Crippen LogP contribution in [0.5, 0.6) is 0 Å². The molecule has 320 valence electrons. The van der Waals surface area contributed by atoms with E-state index < -0.39 is 17.5 Å². The van der Waals surface area contributed by atoms with Crippen molar-refractivity contribution in [1.29, 1.82) is 0 Å². The number of aryl methyl sites for hydroxylation is 1. The molecule has 0 spiro atoms. The van der Waals surface area contributed by atoms with Crippen LogP contribution in [0.4, 0.5) is 5.69 Å². The molecule has 0 radical (unpaired) electrons. The van der Waals surface area contributed by atoms with Crippen molar-refractivity contribution in [3.63, 3.8) is 0 Å². The smallest absolute Gasteiger partial charge is 0.325 e. The molecule has 2 amide bonds. The van der Waals surface area contributed by atoms with E-state index in [0.717, 1.165) is 107 Å². The highest BCUT2D eigenvalue weighted by molar-refractivity contribution is 7.10. The van der Waals surface area contributed by atoms with Gasteiger partial charge in [0.05, 0.1) is 46.7 Å². The molecular weight excluding hydrogens is 777 g/mol. The summed E-state index contributed by atoms with van der Waals surface area (Å²) in [5.74, 6) is -0.199. The Hall–Kier alpha value is -4.37. The first kappa shape index (κ1) is 41.0. The lowest BCUT2D eigenvalue weighted by Crippen LogP contribution is -2.67. The molecule has 6 heterocycles. The van der Waals surface area contributed by atoms with Gasteiger partial charge in [-0.2, -0.15) is 0 Å². The number of likely N-dealkylation sites (N-methyl/N-ethyl adjacent to an activating group) is 1. The number of nitrogens with one attached hydrogen (secondary N) is 2. The number of thiazole rings is 1. The molecule has 5 aliphatic rings. The largest absolute Gasteiger partial charge is 0.464 e. The number of methoxy groups -OCH3 is 1. The number of hydrogen-bond acceptors (Lipinski definition) is 11. The maximum Gasteiger partial charge on any atom is 0.325 e. The molecule has 0 unspecified atom stereocenters. The van der Waals surface area contributed by atoms with Gasteiger partial charge in [-0.1, -0.05) is 26.8 Å². The predicted octanol–water partition coefficient (Wildman–Crippen LogP) is 5.86. The lowest BCUT2D eigenvalue weighted by Gasteiger charge is -2.49. The van der Waals surface area contributed by atoms with Crippen molar-refractivity contribution in [3.05, 3.63) is 52.1 Å². The molecule has 2 saturated carbocycles. The van der Waals surface area contributed by atoms with E-state index >= 15 is 0 Å². The van der Waals surface area contributed by atoms with Crippen LogP contribution >= 0.6 is 11.3 Å². The number of carbonyl (C=O) groups excluding carboxylic acids is 3. The number of hydrazine groups is 1. The number of esters is 1. The van der Waals surface area contributed by atoms with Gasteiger partial charge in [0.1, 0.15) is 12.1 Å². The van der Waals surface area contributed by atoms with E-state index in [1.54, 1.807) is 12.1 Å². The summed E-state index contributed by atoms with van der Waals surface area (Å²) in [5.41, 5.74) is 11.0. The Morgan fingerprint density at radius 1 is 1.15 bits per heavy atom. The van der Waals surface area contributed by atoms with Crippen LogP contribution in [-0.2, 0) is 43.2 Å². The van der Waals surface area contributed by atoms with Gasteiger partial charge < -0.3 is 29.2 Å². The molecule has 7 atom stereocenters. The van der Waals surface area contributed by atoms with Gasteiger partial charge in [0.2, 0.25) is 5.91 Å². The second-order valence-electron chi connectivity index (χ2n) is 18.8. The number of amides is 2. The van der Waals surface area contributed by atoms with Gasteiger partial charge in [0, 0.05) is 91.5 Å². The molecule has 4 fully saturated rings. The van der Waals surface area contributed by atoms with E-state index in [1.807, 2.05) is 6.20 Å². The summed E-state index contributed by atoms with van der Waals surface area (Å²) in [4.78, 5) is 57.0. The molecule has 2 N–H and O–H groups in total. The van der Waals surface area contributed by atoms with Gasteiger partial charge in [-0.25, -0.2) is 10.4 Å². The molecule has 60 heavy (non-hydrogen) atoms. The van der Waals surface area contributed by atoms with Crippen LogP contribution in [0.25, 0.3) is 33.4 Å². The molecule has 13 nitrogen and oxygen atoms in total. The number of piperazine rings is 1. The number of hydrogen-bond donors (Lipinski definition) is 2. The minimum absolute atomic E-state index is 0.0887. The summed E-state index contributed by atoms with van der Waals surface area (Å²) in [6, 6.07) is 7.41. The maximum atomic E-state index is 14.4. The van der Waals surface area contributed by atoms with Crippen molar-refractivity contribution in [3.8, 4) is 22.5 Å². The first-order valence-corrected chi connectivity index (χ1v) is 22.8. The van der Waals surface area contributed by atoms with Crippen molar-refractivity contribution in [2.75, 3.05) is 58.4 Å². The van der Waals surface area contributed by atoms with Crippen LogP contribution in [0.1, 0.15) is 76.3 Å². The van der Waals surface area contributed by atoms with Crippen LogP contribution in [0.15, 0.2) is 35.8 Å². The van der Waals surface area contributed by atoms with E-state index in [4.69, 9.17) is 19.4 Å². The maximum absolute atomic E-state index is 14.4. The summed E-state index contributed by atoms with van der Waals surface area (Å²) < 4.78 is 14.7. The first-order chi connectivity index (χ1) is 28.8. The molecule has 9 rings (SSSR count). The highest BCUT2D eigenvalue weighted by Gasteiger charge is 2.49. The summed E-state index contributed by atoms with van der Waals surface area (Å²) in [7, 11) is 3.90. The Morgan fingerprint density at radius 2 is 1.93 bits per heavy atom. The van der Waals surface area contributed by atoms with Crippen molar-refractivity contribution in [1.82, 2.24) is 35.2 Å². The second kappa shape index (κ2) is 16.2. The Labute approximate surface area is 357 Å². The predicted molar refractivity (Wildman–Crippen MR) is 233 cm³/mol.